The van der Waals surface area contributed by atoms with Crippen LogP contribution in [0.2, 0.25) is 5.02 Å². The van der Waals surface area contributed by atoms with Crippen LogP contribution in [0.15, 0.2) is 48.8 Å². The molecule has 0 saturated carbocycles. The molecule has 2 aromatic rings. The Morgan fingerprint density at radius 1 is 1.17 bits per heavy atom. The lowest BCUT2D eigenvalue weighted by Gasteiger charge is -2.14. The van der Waals surface area contributed by atoms with E-state index in [0.29, 0.717) is 11.4 Å². The molecule has 1 aromatic carbocycles. The number of halogens is 2. The highest BCUT2D eigenvalue weighted by molar-refractivity contribution is 6.64. The standard InChI is InChI=1S/C14H11Cl2NO/c15-13-4-2-1-3-11(13)12(14(16)18)9-10-5-7-17-8-6-10/h1-8,12H,9H2. The molecule has 0 spiro atoms. The van der Waals surface area contributed by atoms with Crippen LogP contribution in [0.1, 0.15) is 17.0 Å². The van der Waals surface area contributed by atoms with Gasteiger partial charge in [-0.25, -0.2) is 0 Å². The Labute approximate surface area is 116 Å². The molecule has 92 valence electrons. The normalized spacial score (nSPS) is 12.1. The van der Waals surface area contributed by atoms with Crippen molar-refractivity contribution in [2.24, 2.45) is 0 Å². The smallest absolute Gasteiger partial charge is 0.229 e. The fraction of sp³-hybridized carbons (Fsp3) is 0.143. The van der Waals surface area contributed by atoms with Gasteiger partial charge in [0.15, 0.2) is 0 Å². The highest BCUT2D eigenvalue weighted by atomic mass is 35.5. The van der Waals surface area contributed by atoms with Crippen LogP contribution in [0.5, 0.6) is 0 Å². The van der Waals surface area contributed by atoms with E-state index in [9.17, 15) is 4.79 Å². The van der Waals surface area contributed by atoms with Crippen molar-refractivity contribution < 1.29 is 4.79 Å². The van der Waals surface area contributed by atoms with Gasteiger partial charge in [0.2, 0.25) is 5.24 Å². The molecular formula is C14H11Cl2NO. The Morgan fingerprint density at radius 2 is 1.83 bits per heavy atom. The summed E-state index contributed by atoms with van der Waals surface area (Å²) in [6, 6.07) is 11.0. The summed E-state index contributed by atoms with van der Waals surface area (Å²) in [7, 11) is 0. The molecule has 1 aromatic heterocycles. The monoisotopic (exact) mass is 279 g/mol. The third-order valence-corrected chi connectivity index (χ3v) is 3.35. The topological polar surface area (TPSA) is 30.0 Å². The van der Waals surface area contributed by atoms with E-state index >= 15 is 0 Å². The maximum atomic E-state index is 11.6. The maximum absolute atomic E-state index is 11.6. The molecule has 2 rings (SSSR count). The Bertz CT molecular complexity index is 543. The Kier molecular flexibility index (Phi) is 4.34. The third kappa shape index (κ3) is 3.09. The SMILES string of the molecule is O=C(Cl)C(Cc1ccncc1)c1ccccc1Cl. The van der Waals surface area contributed by atoms with Crippen LogP contribution in [0, 0.1) is 0 Å². The molecule has 0 fully saturated rings. The van der Waals surface area contributed by atoms with Gasteiger partial charge < -0.3 is 0 Å². The first kappa shape index (κ1) is 13.1. The quantitative estimate of drug-likeness (QED) is 0.797. The maximum Gasteiger partial charge on any atom is 0.229 e. The number of nitrogens with zero attached hydrogens (tertiary/aromatic N) is 1. The zero-order chi connectivity index (χ0) is 13.0. The van der Waals surface area contributed by atoms with Gasteiger partial charge in [-0.3, -0.25) is 9.78 Å². The van der Waals surface area contributed by atoms with Crippen molar-refractivity contribution in [1.82, 2.24) is 4.98 Å². The largest absolute Gasteiger partial charge is 0.281 e. The lowest BCUT2D eigenvalue weighted by Crippen LogP contribution is -2.10. The molecule has 0 aliphatic carbocycles. The number of rotatable bonds is 4. The third-order valence-electron chi connectivity index (χ3n) is 2.74. The first-order valence-electron chi connectivity index (χ1n) is 5.51. The predicted octanol–water partition coefficient (Wildman–Crippen LogP) is 3.83. The van der Waals surface area contributed by atoms with E-state index in [4.69, 9.17) is 23.2 Å². The lowest BCUT2D eigenvalue weighted by molar-refractivity contribution is -0.113. The first-order chi connectivity index (χ1) is 8.68. The number of carbonyl (C=O) groups excluding carboxylic acids is 1. The van der Waals surface area contributed by atoms with E-state index in [0.717, 1.165) is 11.1 Å². The van der Waals surface area contributed by atoms with Gasteiger partial charge >= 0.3 is 0 Å². The minimum absolute atomic E-state index is 0.403. The second-order valence-corrected chi connectivity index (χ2v) is 4.72. The van der Waals surface area contributed by atoms with Crippen molar-refractivity contribution in [3.63, 3.8) is 0 Å². The highest BCUT2D eigenvalue weighted by Gasteiger charge is 2.21. The van der Waals surface area contributed by atoms with Gasteiger partial charge in [0.1, 0.15) is 0 Å². The van der Waals surface area contributed by atoms with Gasteiger partial charge in [0.05, 0.1) is 5.92 Å². The molecular weight excluding hydrogens is 269 g/mol. The summed E-state index contributed by atoms with van der Waals surface area (Å²) in [6.45, 7) is 0. The number of carbonyl (C=O) groups is 1. The van der Waals surface area contributed by atoms with Gasteiger partial charge in [-0.2, -0.15) is 0 Å². The molecule has 0 N–H and O–H groups in total. The summed E-state index contributed by atoms with van der Waals surface area (Å²) in [5, 5.41) is 0.158. The average Bonchev–Trinajstić information content (AvgIpc) is 2.38. The van der Waals surface area contributed by atoms with Crippen LogP contribution < -0.4 is 0 Å². The van der Waals surface area contributed by atoms with Crippen LogP contribution >= 0.6 is 23.2 Å². The number of aromatic nitrogens is 1. The average molecular weight is 280 g/mol. The van der Waals surface area contributed by atoms with E-state index in [1.807, 2.05) is 30.3 Å². The molecule has 0 aliphatic heterocycles. The second kappa shape index (κ2) is 5.98. The van der Waals surface area contributed by atoms with Crippen LogP contribution in [0.4, 0.5) is 0 Å². The van der Waals surface area contributed by atoms with Crippen molar-refractivity contribution in [3.8, 4) is 0 Å². The molecule has 0 bridgehead atoms. The summed E-state index contributed by atoms with van der Waals surface area (Å²) >= 11 is 11.8. The summed E-state index contributed by atoms with van der Waals surface area (Å²) in [6.07, 6.45) is 3.91. The molecule has 4 heteroatoms. The minimum Gasteiger partial charge on any atom is -0.281 e. The molecule has 1 heterocycles. The van der Waals surface area contributed by atoms with Crippen LogP contribution in [-0.4, -0.2) is 10.2 Å². The van der Waals surface area contributed by atoms with Gasteiger partial charge in [0, 0.05) is 17.4 Å². The number of hydrogen-bond acceptors (Lipinski definition) is 2. The van der Waals surface area contributed by atoms with Crippen molar-refractivity contribution >= 4 is 28.4 Å². The van der Waals surface area contributed by atoms with Crippen LogP contribution in [0.25, 0.3) is 0 Å². The molecule has 0 radical (unpaired) electrons. The van der Waals surface area contributed by atoms with Crippen molar-refractivity contribution in [2.45, 2.75) is 12.3 Å². The Morgan fingerprint density at radius 3 is 2.44 bits per heavy atom. The van der Waals surface area contributed by atoms with Crippen molar-refractivity contribution in [3.05, 3.63) is 64.9 Å². The van der Waals surface area contributed by atoms with E-state index in [-0.39, 0.29) is 0 Å². The predicted molar refractivity (Wildman–Crippen MR) is 73.0 cm³/mol. The summed E-state index contributed by atoms with van der Waals surface area (Å²) in [5.41, 5.74) is 1.76. The van der Waals surface area contributed by atoms with Crippen molar-refractivity contribution in [2.75, 3.05) is 0 Å². The Balaban J connectivity index is 2.30. The molecule has 0 amide bonds. The van der Waals surface area contributed by atoms with E-state index < -0.39 is 11.2 Å². The van der Waals surface area contributed by atoms with Crippen LogP contribution in [-0.2, 0) is 11.2 Å². The first-order valence-corrected chi connectivity index (χ1v) is 6.26. The van der Waals surface area contributed by atoms with E-state index in [1.54, 1.807) is 18.5 Å². The molecule has 18 heavy (non-hydrogen) atoms. The van der Waals surface area contributed by atoms with Gasteiger partial charge in [-0.1, -0.05) is 29.8 Å². The van der Waals surface area contributed by atoms with Gasteiger partial charge in [-0.05, 0) is 47.3 Å². The number of pyridine rings is 1. The number of hydrogen-bond donors (Lipinski definition) is 0. The zero-order valence-electron chi connectivity index (χ0n) is 9.51. The molecule has 2 nitrogen and oxygen atoms in total. The molecule has 1 atom stereocenters. The van der Waals surface area contributed by atoms with E-state index in [2.05, 4.69) is 4.98 Å². The molecule has 0 saturated heterocycles. The Hall–Kier alpha value is -1.38. The fourth-order valence-electron chi connectivity index (χ4n) is 1.82. The highest BCUT2D eigenvalue weighted by Crippen LogP contribution is 2.29. The molecule has 0 aliphatic rings. The minimum atomic E-state index is -0.428. The van der Waals surface area contributed by atoms with Crippen LogP contribution in [0.3, 0.4) is 0 Å². The zero-order valence-corrected chi connectivity index (χ0v) is 11.0. The summed E-state index contributed by atoms with van der Waals surface area (Å²) < 4.78 is 0. The van der Waals surface area contributed by atoms with Crippen molar-refractivity contribution in [1.29, 1.82) is 0 Å². The van der Waals surface area contributed by atoms with Gasteiger partial charge in [0.25, 0.3) is 0 Å². The van der Waals surface area contributed by atoms with Gasteiger partial charge in [-0.15, -0.1) is 0 Å². The summed E-state index contributed by atoms with van der Waals surface area (Å²) in [5.74, 6) is -0.428. The number of benzene rings is 1. The summed E-state index contributed by atoms with van der Waals surface area (Å²) in [4.78, 5) is 15.5. The lowest BCUT2D eigenvalue weighted by atomic mass is 9.93. The fourth-order valence-corrected chi connectivity index (χ4v) is 2.29. The van der Waals surface area contributed by atoms with E-state index in [1.165, 1.54) is 0 Å². The molecule has 1 unspecified atom stereocenters. The second-order valence-electron chi connectivity index (χ2n) is 3.94.